The number of amides is 1. The van der Waals surface area contributed by atoms with E-state index >= 15 is 0 Å². The molecule has 0 aliphatic heterocycles. The van der Waals surface area contributed by atoms with E-state index in [1.54, 1.807) is 37.0 Å². The van der Waals surface area contributed by atoms with Crippen LogP contribution in [-0.4, -0.2) is 22.0 Å². The van der Waals surface area contributed by atoms with Crippen LogP contribution in [0.2, 0.25) is 0 Å². The van der Waals surface area contributed by atoms with Crippen molar-refractivity contribution in [1.82, 2.24) is 14.9 Å². The van der Waals surface area contributed by atoms with Crippen LogP contribution < -0.4 is 5.32 Å². The molecule has 2 aromatic heterocycles. The lowest BCUT2D eigenvalue weighted by Gasteiger charge is -2.02. The zero-order chi connectivity index (χ0) is 11.9. The van der Waals surface area contributed by atoms with Crippen molar-refractivity contribution in [3.8, 4) is 0 Å². The number of nitrogens with one attached hydrogen (secondary N) is 1. The van der Waals surface area contributed by atoms with Crippen LogP contribution >= 0.6 is 0 Å². The molecule has 0 aliphatic rings. The SMILES string of the molecule is O=C(/C=C\c1ccco1)NCCn1ccnc1. The zero-order valence-corrected chi connectivity index (χ0v) is 9.24. The van der Waals surface area contributed by atoms with Crippen molar-refractivity contribution in [2.24, 2.45) is 0 Å². The Morgan fingerprint density at radius 3 is 3.24 bits per heavy atom. The third-order valence-electron chi connectivity index (χ3n) is 2.17. The number of imidazole rings is 1. The van der Waals surface area contributed by atoms with Crippen LogP contribution in [0.25, 0.3) is 6.08 Å². The van der Waals surface area contributed by atoms with Crippen LogP contribution in [0, 0.1) is 0 Å². The van der Waals surface area contributed by atoms with Crippen molar-refractivity contribution in [2.75, 3.05) is 6.54 Å². The lowest BCUT2D eigenvalue weighted by Crippen LogP contribution is -2.25. The summed E-state index contributed by atoms with van der Waals surface area (Å²) < 4.78 is 6.97. The summed E-state index contributed by atoms with van der Waals surface area (Å²) in [4.78, 5) is 15.3. The van der Waals surface area contributed by atoms with Gasteiger partial charge in [-0.15, -0.1) is 0 Å². The highest BCUT2D eigenvalue weighted by atomic mass is 16.3. The van der Waals surface area contributed by atoms with Gasteiger partial charge in [-0.3, -0.25) is 4.79 Å². The second-order valence-electron chi connectivity index (χ2n) is 3.44. The van der Waals surface area contributed by atoms with Crippen molar-refractivity contribution >= 4 is 12.0 Å². The number of carbonyl (C=O) groups is 1. The minimum Gasteiger partial charge on any atom is -0.465 e. The Labute approximate surface area is 98.8 Å². The molecule has 2 rings (SSSR count). The lowest BCUT2D eigenvalue weighted by atomic mass is 10.4. The Balaban J connectivity index is 1.71. The highest BCUT2D eigenvalue weighted by Crippen LogP contribution is 2.01. The Hall–Kier alpha value is -2.30. The molecule has 0 spiro atoms. The van der Waals surface area contributed by atoms with E-state index < -0.39 is 0 Å². The first kappa shape index (κ1) is 11.2. The summed E-state index contributed by atoms with van der Waals surface area (Å²) in [6.07, 6.45) is 9.92. The standard InChI is InChI=1S/C12H13N3O2/c16-12(4-3-11-2-1-9-17-11)14-6-8-15-7-5-13-10-15/h1-5,7,9-10H,6,8H2,(H,14,16)/b4-3-. The first-order valence-corrected chi connectivity index (χ1v) is 5.30. The van der Waals surface area contributed by atoms with Gasteiger partial charge in [0.05, 0.1) is 12.6 Å². The summed E-state index contributed by atoms with van der Waals surface area (Å²) in [5, 5.41) is 2.77. The summed E-state index contributed by atoms with van der Waals surface area (Å²) in [7, 11) is 0. The van der Waals surface area contributed by atoms with Crippen molar-refractivity contribution in [3.05, 3.63) is 49.0 Å². The fraction of sp³-hybridized carbons (Fsp3) is 0.167. The fourth-order valence-corrected chi connectivity index (χ4v) is 1.33. The van der Waals surface area contributed by atoms with Crippen molar-refractivity contribution in [1.29, 1.82) is 0 Å². The zero-order valence-electron chi connectivity index (χ0n) is 9.24. The molecule has 5 nitrogen and oxygen atoms in total. The normalized spacial score (nSPS) is 10.8. The van der Waals surface area contributed by atoms with Crippen molar-refractivity contribution < 1.29 is 9.21 Å². The Kier molecular flexibility index (Phi) is 3.75. The molecule has 5 heteroatoms. The number of hydrogen-bond acceptors (Lipinski definition) is 3. The lowest BCUT2D eigenvalue weighted by molar-refractivity contribution is -0.116. The third-order valence-corrected chi connectivity index (χ3v) is 2.17. The summed E-state index contributed by atoms with van der Waals surface area (Å²) in [5.41, 5.74) is 0. The topological polar surface area (TPSA) is 60.1 Å². The molecule has 0 saturated heterocycles. The van der Waals surface area contributed by atoms with Gasteiger partial charge in [0.1, 0.15) is 5.76 Å². The highest BCUT2D eigenvalue weighted by molar-refractivity contribution is 5.91. The predicted octanol–water partition coefficient (Wildman–Crippen LogP) is 1.31. The van der Waals surface area contributed by atoms with E-state index in [2.05, 4.69) is 10.3 Å². The average molecular weight is 231 g/mol. The number of rotatable bonds is 5. The molecule has 17 heavy (non-hydrogen) atoms. The summed E-state index contributed by atoms with van der Waals surface area (Å²) in [5.74, 6) is 0.524. The van der Waals surface area contributed by atoms with E-state index in [1.807, 2.05) is 10.8 Å². The van der Waals surface area contributed by atoms with Gasteiger partial charge in [-0.25, -0.2) is 4.98 Å². The molecule has 0 unspecified atom stereocenters. The van der Waals surface area contributed by atoms with Crippen molar-refractivity contribution in [3.63, 3.8) is 0 Å². The number of aromatic nitrogens is 2. The molecule has 0 fully saturated rings. The van der Waals surface area contributed by atoms with Gasteiger partial charge in [0.25, 0.3) is 0 Å². The van der Waals surface area contributed by atoms with Crippen LogP contribution in [0.4, 0.5) is 0 Å². The van der Waals surface area contributed by atoms with E-state index in [0.29, 0.717) is 18.8 Å². The van der Waals surface area contributed by atoms with Crippen LogP contribution in [0.3, 0.4) is 0 Å². The molecule has 0 aromatic carbocycles. The van der Waals surface area contributed by atoms with Gasteiger partial charge in [0.2, 0.25) is 5.91 Å². The second kappa shape index (κ2) is 5.69. The van der Waals surface area contributed by atoms with Gasteiger partial charge in [-0.05, 0) is 18.2 Å². The highest BCUT2D eigenvalue weighted by Gasteiger charge is 1.96. The molecule has 1 N–H and O–H groups in total. The summed E-state index contributed by atoms with van der Waals surface area (Å²) in [6.45, 7) is 1.28. The van der Waals surface area contributed by atoms with Crippen molar-refractivity contribution in [2.45, 2.75) is 6.54 Å². The second-order valence-corrected chi connectivity index (χ2v) is 3.44. The molecule has 2 heterocycles. The third kappa shape index (κ3) is 3.64. The van der Waals surface area contributed by atoms with Crippen LogP contribution in [-0.2, 0) is 11.3 Å². The van der Waals surface area contributed by atoms with Gasteiger partial charge in [-0.2, -0.15) is 0 Å². The molecular formula is C12H13N3O2. The van der Waals surface area contributed by atoms with Gasteiger partial charge in [-0.1, -0.05) is 0 Å². The number of carbonyl (C=O) groups excluding carboxylic acids is 1. The Morgan fingerprint density at radius 2 is 2.53 bits per heavy atom. The molecule has 0 saturated carbocycles. The number of hydrogen-bond donors (Lipinski definition) is 1. The van der Waals surface area contributed by atoms with E-state index in [4.69, 9.17) is 4.42 Å². The average Bonchev–Trinajstić information content (AvgIpc) is 2.99. The maximum absolute atomic E-state index is 11.4. The minimum atomic E-state index is -0.137. The molecule has 0 aliphatic carbocycles. The number of furan rings is 1. The van der Waals surface area contributed by atoms with Crippen LogP contribution in [0.15, 0.2) is 47.6 Å². The van der Waals surface area contributed by atoms with E-state index in [0.717, 1.165) is 0 Å². The Bertz CT molecular complexity index is 472. The van der Waals surface area contributed by atoms with Gasteiger partial charge in [0.15, 0.2) is 0 Å². The Morgan fingerprint density at radius 1 is 1.59 bits per heavy atom. The minimum absolute atomic E-state index is 0.137. The smallest absolute Gasteiger partial charge is 0.244 e. The molecule has 0 radical (unpaired) electrons. The van der Waals surface area contributed by atoms with E-state index in [1.165, 1.54) is 6.08 Å². The summed E-state index contributed by atoms with van der Waals surface area (Å²) in [6, 6.07) is 3.56. The van der Waals surface area contributed by atoms with E-state index in [-0.39, 0.29) is 5.91 Å². The molecular weight excluding hydrogens is 218 g/mol. The molecule has 2 aromatic rings. The first-order valence-electron chi connectivity index (χ1n) is 5.30. The van der Waals surface area contributed by atoms with Crippen LogP contribution in [0.5, 0.6) is 0 Å². The van der Waals surface area contributed by atoms with E-state index in [9.17, 15) is 4.79 Å². The quantitative estimate of drug-likeness (QED) is 0.789. The number of nitrogens with zero attached hydrogens (tertiary/aromatic N) is 2. The maximum Gasteiger partial charge on any atom is 0.244 e. The molecule has 0 atom stereocenters. The van der Waals surface area contributed by atoms with Gasteiger partial charge < -0.3 is 14.3 Å². The largest absolute Gasteiger partial charge is 0.465 e. The monoisotopic (exact) mass is 231 g/mol. The predicted molar refractivity (Wildman–Crippen MR) is 63.0 cm³/mol. The maximum atomic E-state index is 11.4. The van der Waals surface area contributed by atoms with Gasteiger partial charge >= 0.3 is 0 Å². The molecule has 1 amide bonds. The fourth-order valence-electron chi connectivity index (χ4n) is 1.33. The molecule has 0 bridgehead atoms. The van der Waals surface area contributed by atoms with Gasteiger partial charge in [0, 0.05) is 31.6 Å². The molecule has 88 valence electrons. The van der Waals surface area contributed by atoms with Crippen LogP contribution in [0.1, 0.15) is 5.76 Å². The summed E-state index contributed by atoms with van der Waals surface area (Å²) >= 11 is 0. The first-order chi connectivity index (χ1) is 8.34.